The van der Waals surface area contributed by atoms with Gasteiger partial charge in [0.1, 0.15) is 5.75 Å². The molecule has 0 bridgehead atoms. The number of amides is 1. The molecule has 0 saturated carbocycles. The van der Waals surface area contributed by atoms with Crippen LogP contribution in [0.3, 0.4) is 0 Å². The van der Waals surface area contributed by atoms with Gasteiger partial charge in [-0.15, -0.1) is 0 Å². The maximum Gasteiger partial charge on any atom is 0.243 e. The van der Waals surface area contributed by atoms with Gasteiger partial charge in [-0.2, -0.15) is 4.31 Å². The number of hydrogen-bond acceptors (Lipinski definition) is 4. The number of methoxy groups -OCH3 is 1. The van der Waals surface area contributed by atoms with Crippen molar-refractivity contribution >= 4 is 15.9 Å². The van der Waals surface area contributed by atoms with E-state index in [1.807, 2.05) is 31.2 Å². The second-order valence-electron chi connectivity index (χ2n) is 7.76. The zero-order chi connectivity index (χ0) is 21.6. The summed E-state index contributed by atoms with van der Waals surface area (Å²) < 4.78 is 32.4. The molecule has 1 aliphatic heterocycles. The summed E-state index contributed by atoms with van der Waals surface area (Å²) in [6.07, 6.45) is 3.10. The van der Waals surface area contributed by atoms with Gasteiger partial charge in [0.15, 0.2) is 0 Å². The first-order chi connectivity index (χ1) is 14.4. The maximum absolute atomic E-state index is 12.9. The number of hydrogen-bond donors (Lipinski definition) is 1. The Labute approximate surface area is 179 Å². The molecule has 0 spiro atoms. The lowest BCUT2D eigenvalue weighted by Gasteiger charge is -2.31. The molecule has 1 heterocycles. The molecule has 0 aliphatic carbocycles. The minimum Gasteiger partial charge on any atom is -0.497 e. The molecule has 30 heavy (non-hydrogen) atoms. The van der Waals surface area contributed by atoms with Crippen molar-refractivity contribution in [3.8, 4) is 5.75 Å². The highest BCUT2D eigenvalue weighted by Crippen LogP contribution is 2.24. The quantitative estimate of drug-likeness (QED) is 0.653. The van der Waals surface area contributed by atoms with E-state index in [0.29, 0.717) is 25.9 Å². The number of piperidine rings is 1. The van der Waals surface area contributed by atoms with Gasteiger partial charge < -0.3 is 10.1 Å². The molecule has 0 radical (unpaired) electrons. The highest BCUT2D eigenvalue weighted by molar-refractivity contribution is 7.89. The van der Waals surface area contributed by atoms with Crippen molar-refractivity contribution in [3.63, 3.8) is 0 Å². The molecular formula is C23H30N2O4S. The van der Waals surface area contributed by atoms with E-state index >= 15 is 0 Å². The van der Waals surface area contributed by atoms with Crippen molar-refractivity contribution in [3.05, 3.63) is 59.7 Å². The maximum atomic E-state index is 12.9. The van der Waals surface area contributed by atoms with Crippen molar-refractivity contribution in [1.29, 1.82) is 0 Å². The van der Waals surface area contributed by atoms with Crippen LogP contribution in [-0.2, 0) is 21.2 Å². The van der Waals surface area contributed by atoms with Crippen LogP contribution in [0.15, 0.2) is 53.4 Å². The molecule has 3 rings (SSSR count). The largest absolute Gasteiger partial charge is 0.497 e. The van der Waals surface area contributed by atoms with Crippen LogP contribution >= 0.6 is 0 Å². The van der Waals surface area contributed by atoms with Crippen LogP contribution in [0.4, 0.5) is 0 Å². The molecule has 1 amide bonds. The number of nitrogens with one attached hydrogen (secondary N) is 1. The van der Waals surface area contributed by atoms with Crippen LogP contribution in [0.25, 0.3) is 0 Å². The van der Waals surface area contributed by atoms with Gasteiger partial charge >= 0.3 is 0 Å². The number of carbonyl (C=O) groups is 1. The van der Waals surface area contributed by atoms with Crippen molar-refractivity contribution in [2.45, 2.75) is 37.5 Å². The first-order valence-electron chi connectivity index (χ1n) is 10.4. The van der Waals surface area contributed by atoms with Crippen molar-refractivity contribution in [1.82, 2.24) is 9.62 Å². The summed E-state index contributed by atoms with van der Waals surface area (Å²) in [6.45, 7) is 3.19. The number of benzene rings is 2. The Morgan fingerprint density at radius 1 is 1.13 bits per heavy atom. The van der Waals surface area contributed by atoms with Crippen LogP contribution in [0.2, 0.25) is 0 Å². The first kappa shape index (κ1) is 22.3. The Hall–Kier alpha value is -2.38. The molecule has 6 nitrogen and oxygen atoms in total. The summed E-state index contributed by atoms with van der Waals surface area (Å²) in [5.41, 5.74) is 2.21. The van der Waals surface area contributed by atoms with E-state index in [0.717, 1.165) is 24.2 Å². The van der Waals surface area contributed by atoms with E-state index in [-0.39, 0.29) is 23.3 Å². The third kappa shape index (κ3) is 5.61. The molecule has 7 heteroatoms. The molecular weight excluding hydrogens is 400 g/mol. The average Bonchev–Trinajstić information content (AvgIpc) is 2.77. The Kier molecular flexibility index (Phi) is 7.50. The number of carbonyl (C=O) groups excluding carboxylic acids is 1. The molecule has 0 unspecified atom stereocenters. The van der Waals surface area contributed by atoms with E-state index in [1.165, 1.54) is 9.87 Å². The predicted molar refractivity (Wildman–Crippen MR) is 117 cm³/mol. The molecule has 162 valence electrons. The number of aryl methyl sites for hydroxylation is 2. The molecule has 2 aromatic rings. The Morgan fingerprint density at radius 2 is 1.83 bits per heavy atom. The standard InChI is InChI=1S/C23H30N2O4S/c1-18-7-13-22(14-8-18)30(27,28)25-16-4-6-20(17-25)23(26)24-15-3-5-19-9-11-21(29-2)12-10-19/h7-14,20H,3-6,15-17H2,1-2H3,(H,24,26)/t20-/m0/s1. The monoisotopic (exact) mass is 430 g/mol. The summed E-state index contributed by atoms with van der Waals surface area (Å²) >= 11 is 0. The third-order valence-electron chi connectivity index (χ3n) is 5.51. The highest BCUT2D eigenvalue weighted by atomic mass is 32.2. The SMILES string of the molecule is COc1ccc(CCCNC(=O)[C@H]2CCCN(S(=O)(=O)c3ccc(C)cc3)C2)cc1. The van der Waals surface area contributed by atoms with Crippen molar-refractivity contribution in [2.75, 3.05) is 26.7 Å². The highest BCUT2D eigenvalue weighted by Gasteiger charge is 2.33. The fourth-order valence-electron chi connectivity index (χ4n) is 3.67. The van der Waals surface area contributed by atoms with Gasteiger partial charge in [-0.1, -0.05) is 29.8 Å². The van der Waals surface area contributed by atoms with Crippen LogP contribution in [0, 0.1) is 12.8 Å². The topological polar surface area (TPSA) is 75.7 Å². The zero-order valence-electron chi connectivity index (χ0n) is 17.6. The lowest BCUT2D eigenvalue weighted by Crippen LogP contribution is -2.45. The molecule has 1 atom stereocenters. The van der Waals surface area contributed by atoms with E-state index in [2.05, 4.69) is 5.32 Å². The summed E-state index contributed by atoms with van der Waals surface area (Å²) in [6, 6.07) is 14.8. The Morgan fingerprint density at radius 3 is 2.50 bits per heavy atom. The van der Waals surface area contributed by atoms with Gasteiger partial charge in [0.25, 0.3) is 0 Å². The molecule has 1 aliphatic rings. The second kappa shape index (κ2) is 10.1. The minimum absolute atomic E-state index is 0.0615. The lowest BCUT2D eigenvalue weighted by molar-refractivity contribution is -0.126. The van der Waals surface area contributed by atoms with E-state index in [4.69, 9.17) is 4.74 Å². The fourth-order valence-corrected chi connectivity index (χ4v) is 5.20. The molecule has 1 saturated heterocycles. The number of nitrogens with zero attached hydrogens (tertiary/aromatic N) is 1. The van der Waals surface area contributed by atoms with Crippen molar-refractivity contribution in [2.24, 2.45) is 5.92 Å². The number of sulfonamides is 1. The normalized spacial score (nSPS) is 17.5. The molecule has 1 fully saturated rings. The van der Waals surface area contributed by atoms with Gasteiger partial charge in [0.2, 0.25) is 15.9 Å². The molecule has 0 aromatic heterocycles. The predicted octanol–water partition coefficient (Wildman–Crippen LogP) is 3.15. The molecule has 2 aromatic carbocycles. The summed E-state index contributed by atoms with van der Waals surface area (Å²) in [7, 11) is -1.93. The van der Waals surface area contributed by atoms with Gasteiger partial charge in [0, 0.05) is 19.6 Å². The van der Waals surface area contributed by atoms with Crippen molar-refractivity contribution < 1.29 is 17.9 Å². The Balaban J connectivity index is 1.49. The molecule has 1 N–H and O–H groups in total. The van der Waals surface area contributed by atoms with E-state index < -0.39 is 10.0 Å². The van der Waals surface area contributed by atoms with E-state index in [1.54, 1.807) is 31.4 Å². The van der Waals surface area contributed by atoms with Crippen LogP contribution in [-0.4, -0.2) is 45.4 Å². The van der Waals surface area contributed by atoms with Gasteiger partial charge in [-0.25, -0.2) is 8.42 Å². The summed E-state index contributed by atoms with van der Waals surface area (Å²) in [4.78, 5) is 12.9. The summed E-state index contributed by atoms with van der Waals surface area (Å²) in [5, 5.41) is 2.98. The van der Waals surface area contributed by atoms with E-state index in [9.17, 15) is 13.2 Å². The smallest absolute Gasteiger partial charge is 0.243 e. The number of rotatable bonds is 8. The Bertz CT molecular complexity index is 940. The van der Waals surface area contributed by atoms with Crippen LogP contribution in [0.1, 0.15) is 30.4 Å². The summed E-state index contributed by atoms with van der Waals surface area (Å²) in [5.74, 6) is 0.461. The minimum atomic E-state index is -3.57. The van der Waals surface area contributed by atoms with Crippen LogP contribution in [0.5, 0.6) is 5.75 Å². The second-order valence-corrected chi connectivity index (χ2v) is 9.70. The fraction of sp³-hybridized carbons (Fsp3) is 0.435. The third-order valence-corrected chi connectivity index (χ3v) is 7.39. The first-order valence-corrected chi connectivity index (χ1v) is 11.8. The zero-order valence-corrected chi connectivity index (χ0v) is 18.5. The van der Waals surface area contributed by atoms with Crippen LogP contribution < -0.4 is 10.1 Å². The van der Waals surface area contributed by atoms with Gasteiger partial charge in [-0.3, -0.25) is 4.79 Å². The number of ether oxygens (including phenoxy) is 1. The van der Waals surface area contributed by atoms with Gasteiger partial charge in [0.05, 0.1) is 17.9 Å². The average molecular weight is 431 g/mol. The van der Waals surface area contributed by atoms with Gasteiger partial charge in [-0.05, 0) is 62.4 Å². The lowest BCUT2D eigenvalue weighted by atomic mass is 9.99.